The molecule has 14 heavy (non-hydrogen) atoms. The monoisotopic (exact) mass is 209 g/mol. The van der Waals surface area contributed by atoms with Gasteiger partial charge < -0.3 is 4.74 Å². The van der Waals surface area contributed by atoms with Crippen LogP contribution in [0.15, 0.2) is 18.5 Å². The average molecular weight is 209 g/mol. The van der Waals surface area contributed by atoms with Crippen LogP contribution in [0.5, 0.6) is 5.19 Å². The molecular weight excluding hydrogens is 198 g/mol. The second kappa shape index (κ2) is 4.23. The Labute approximate surface area is 86.0 Å². The molecular formula is C9H11N3OS. The molecule has 0 saturated heterocycles. The Morgan fingerprint density at radius 3 is 3.07 bits per heavy atom. The molecule has 0 bridgehead atoms. The van der Waals surface area contributed by atoms with Crippen LogP contribution < -0.4 is 4.74 Å². The highest BCUT2D eigenvalue weighted by Crippen LogP contribution is 2.20. The minimum absolute atomic E-state index is 0.726. The summed E-state index contributed by atoms with van der Waals surface area (Å²) in [5, 5.41) is 7.55. The molecule has 0 radical (unpaired) electrons. The zero-order chi connectivity index (χ0) is 9.80. The molecule has 0 atom stereocenters. The number of nitrogens with zero attached hydrogens (tertiary/aromatic N) is 2. The first kappa shape index (κ1) is 9.21. The van der Waals surface area contributed by atoms with Crippen molar-refractivity contribution in [1.29, 1.82) is 0 Å². The fourth-order valence-corrected chi connectivity index (χ4v) is 1.90. The predicted octanol–water partition coefficient (Wildman–Crippen LogP) is 1.66. The van der Waals surface area contributed by atoms with Crippen molar-refractivity contribution >= 4 is 11.3 Å². The summed E-state index contributed by atoms with van der Waals surface area (Å²) in [6.07, 6.45) is 5.57. The van der Waals surface area contributed by atoms with Crippen molar-refractivity contribution < 1.29 is 4.74 Å². The quantitative estimate of drug-likeness (QED) is 0.833. The van der Waals surface area contributed by atoms with E-state index in [9.17, 15) is 0 Å². The summed E-state index contributed by atoms with van der Waals surface area (Å²) in [5.74, 6) is 0. The summed E-state index contributed by atoms with van der Waals surface area (Å²) in [6, 6.07) is 1.98. The van der Waals surface area contributed by atoms with Crippen LogP contribution in [0.3, 0.4) is 0 Å². The van der Waals surface area contributed by atoms with Gasteiger partial charge in [-0.15, -0.1) is 0 Å². The molecule has 0 aliphatic rings. The van der Waals surface area contributed by atoms with Crippen LogP contribution in [-0.4, -0.2) is 22.3 Å². The van der Waals surface area contributed by atoms with Gasteiger partial charge in [0, 0.05) is 23.0 Å². The van der Waals surface area contributed by atoms with Gasteiger partial charge in [-0.2, -0.15) is 5.10 Å². The van der Waals surface area contributed by atoms with Crippen molar-refractivity contribution in [2.45, 2.75) is 12.8 Å². The Balaban J connectivity index is 1.92. The highest BCUT2D eigenvalue weighted by Gasteiger charge is 2.02. The maximum atomic E-state index is 5.02. The van der Waals surface area contributed by atoms with Crippen LogP contribution in [0.25, 0.3) is 0 Å². The van der Waals surface area contributed by atoms with E-state index < -0.39 is 0 Å². The van der Waals surface area contributed by atoms with Gasteiger partial charge in [-0.3, -0.25) is 5.10 Å². The van der Waals surface area contributed by atoms with E-state index in [1.54, 1.807) is 24.6 Å². The van der Waals surface area contributed by atoms with Gasteiger partial charge in [0.05, 0.1) is 7.11 Å². The van der Waals surface area contributed by atoms with Gasteiger partial charge in [-0.25, -0.2) is 4.98 Å². The number of hydrogen-bond acceptors (Lipinski definition) is 4. The van der Waals surface area contributed by atoms with Crippen LogP contribution in [0.2, 0.25) is 0 Å². The van der Waals surface area contributed by atoms with Gasteiger partial charge >= 0.3 is 0 Å². The van der Waals surface area contributed by atoms with Gasteiger partial charge in [0.15, 0.2) is 0 Å². The van der Waals surface area contributed by atoms with Crippen LogP contribution in [0.1, 0.15) is 10.6 Å². The number of hydrogen-bond donors (Lipinski definition) is 1. The molecule has 0 fully saturated rings. The van der Waals surface area contributed by atoms with E-state index in [-0.39, 0.29) is 0 Å². The Morgan fingerprint density at radius 2 is 2.43 bits per heavy atom. The maximum Gasteiger partial charge on any atom is 0.273 e. The molecule has 2 aromatic heterocycles. The first-order valence-electron chi connectivity index (χ1n) is 4.35. The molecule has 5 heteroatoms. The van der Waals surface area contributed by atoms with Crippen LogP contribution >= 0.6 is 11.3 Å². The number of nitrogens with one attached hydrogen (secondary N) is 1. The third-order valence-corrected chi connectivity index (χ3v) is 2.92. The van der Waals surface area contributed by atoms with E-state index >= 15 is 0 Å². The Bertz CT molecular complexity index is 382. The van der Waals surface area contributed by atoms with Crippen molar-refractivity contribution in [3.63, 3.8) is 0 Å². The van der Waals surface area contributed by atoms with Crippen LogP contribution in [0.4, 0.5) is 0 Å². The minimum atomic E-state index is 0.726. The lowest BCUT2D eigenvalue weighted by Crippen LogP contribution is -1.88. The Kier molecular flexibility index (Phi) is 2.78. The summed E-state index contributed by atoms with van der Waals surface area (Å²) < 4.78 is 5.02. The van der Waals surface area contributed by atoms with E-state index in [4.69, 9.17) is 4.74 Å². The lowest BCUT2D eigenvalue weighted by molar-refractivity contribution is 0.412. The summed E-state index contributed by atoms with van der Waals surface area (Å²) in [4.78, 5) is 5.34. The molecule has 2 rings (SSSR count). The molecule has 0 aliphatic carbocycles. The number of methoxy groups -OCH3 is 1. The summed E-state index contributed by atoms with van der Waals surface area (Å²) in [6.45, 7) is 0. The molecule has 0 aromatic carbocycles. The number of H-pyrrole nitrogens is 1. The molecule has 4 nitrogen and oxygen atoms in total. The Hall–Kier alpha value is -1.36. The van der Waals surface area contributed by atoms with Crippen molar-refractivity contribution in [3.8, 4) is 5.19 Å². The Morgan fingerprint density at radius 1 is 1.50 bits per heavy atom. The topological polar surface area (TPSA) is 50.8 Å². The molecule has 1 N–H and O–H groups in total. The van der Waals surface area contributed by atoms with Crippen molar-refractivity contribution in [3.05, 3.63) is 29.0 Å². The largest absolute Gasteiger partial charge is 0.473 e. The lowest BCUT2D eigenvalue weighted by Gasteiger charge is -1.93. The van der Waals surface area contributed by atoms with Gasteiger partial charge in [0.1, 0.15) is 0 Å². The number of aromatic amines is 1. The standard InChI is InChI=1S/C9H11N3OS/c1-13-9-10-6-8(14-9)3-2-7-4-5-11-12-7/h4-6H,2-3H2,1H3,(H,11,12). The highest BCUT2D eigenvalue weighted by atomic mass is 32.1. The number of ether oxygens (including phenoxy) is 1. The first-order chi connectivity index (χ1) is 6.88. The highest BCUT2D eigenvalue weighted by molar-refractivity contribution is 7.13. The van der Waals surface area contributed by atoms with E-state index in [1.807, 2.05) is 12.3 Å². The zero-order valence-corrected chi connectivity index (χ0v) is 8.67. The summed E-state index contributed by atoms with van der Waals surface area (Å²) >= 11 is 1.59. The number of aromatic nitrogens is 3. The van der Waals surface area contributed by atoms with Gasteiger partial charge in [0.25, 0.3) is 5.19 Å². The number of rotatable bonds is 4. The normalized spacial score (nSPS) is 10.4. The molecule has 0 aliphatic heterocycles. The molecule has 2 heterocycles. The SMILES string of the molecule is COc1ncc(CCc2ccn[nH]2)s1. The van der Waals surface area contributed by atoms with Crippen LogP contribution in [0, 0.1) is 0 Å². The summed E-state index contributed by atoms with van der Waals surface area (Å²) in [5.41, 5.74) is 1.15. The average Bonchev–Trinajstić information content (AvgIpc) is 2.86. The second-order valence-electron chi connectivity index (χ2n) is 2.88. The molecule has 0 saturated carbocycles. The first-order valence-corrected chi connectivity index (χ1v) is 5.17. The van der Waals surface area contributed by atoms with E-state index in [0.29, 0.717) is 0 Å². The molecule has 0 unspecified atom stereocenters. The molecule has 74 valence electrons. The second-order valence-corrected chi connectivity index (χ2v) is 3.96. The van der Waals surface area contributed by atoms with E-state index in [0.717, 1.165) is 23.7 Å². The molecule has 0 amide bonds. The minimum Gasteiger partial charge on any atom is -0.473 e. The lowest BCUT2D eigenvalue weighted by atomic mass is 10.2. The van der Waals surface area contributed by atoms with E-state index in [2.05, 4.69) is 15.2 Å². The van der Waals surface area contributed by atoms with Crippen LogP contribution in [-0.2, 0) is 12.8 Å². The molecule has 0 spiro atoms. The van der Waals surface area contributed by atoms with Crippen molar-refractivity contribution in [1.82, 2.24) is 15.2 Å². The maximum absolute atomic E-state index is 5.02. The number of aryl methyl sites for hydroxylation is 2. The number of thiazole rings is 1. The summed E-state index contributed by atoms with van der Waals surface area (Å²) in [7, 11) is 1.64. The van der Waals surface area contributed by atoms with Gasteiger partial charge in [-0.05, 0) is 18.9 Å². The van der Waals surface area contributed by atoms with Crippen molar-refractivity contribution in [2.24, 2.45) is 0 Å². The smallest absolute Gasteiger partial charge is 0.273 e. The third kappa shape index (κ3) is 2.11. The third-order valence-electron chi connectivity index (χ3n) is 1.91. The molecule has 2 aromatic rings. The predicted molar refractivity (Wildman–Crippen MR) is 54.7 cm³/mol. The zero-order valence-electron chi connectivity index (χ0n) is 7.86. The van der Waals surface area contributed by atoms with E-state index in [1.165, 1.54) is 4.88 Å². The van der Waals surface area contributed by atoms with Gasteiger partial charge in [0.2, 0.25) is 0 Å². The van der Waals surface area contributed by atoms with Crippen molar-refractivity contribution in [2.75, 3.05) is 7.11 Å². The fraction of sp³-hybridized carbons (Fsp3) is 0.333. The van der Waals surface area contributed by atoms with Gasteiger partial charge in [-0.1, -0.05) is 11.3 Å². The fourth-order valence-electron chi connectivity index (χ4n) is 1.18.